The number of aromatic nitrogens is 1. The van der Waals surface area contributed by atoms with Crippen molar-refractivity contribution in [3.8, 4) is 11.1 Å². The van der Waals surface area contributed by atoms with E-state index in [1.54, 1.807) is 6.07 Å². The second-order valence-electron chi connectivity index (χ2n) is 4.29. The molecule has 2 aromatic carbocycles. The largest absolute Gasteiger partial charge is 0.619 e. The third-order valence-corrected chi connectivity index (χ3v) is 3.65. The summed E-state index contributed by atoms with van der Waals surface area (Å²) < 4.78 is 1.67. The number of nitrogens with zero attached hydrogens (tertiary/aromatic N) is 1. The number of H-pyrrole nitrogens is 1. The molecule has 0 atom stereocenters. The molecule has 0 radical (unpaired) electrons. The molecule has 0 saturated heterocycles. The second-order valence-corrected chi connectivity index (χ2v) is 5.20. The highest BCUT2D eigenvalue weighted by Gasteiger charge is 2.12. The van der Waals surface area contributed by atoms with Gasteiger partial charge in [-0.1, -0.05) is 40.2 Å². The molecule has 4 heteroatoms. The van der Waals surface area contributed by atoms with Crippen molar-refractivity contribution in [1.82, 2.24) is 4.98 Å². The molecule has 0 aliphatic heterocycles. The van der Waals surface area contributed by atoms with E-state index in [0.717, 1.165) is 26.5 Å². The maximum absolute atomic E-state index is 11.4. The van der Waals surface area contributed by atoms with E-state index in [1.165, 1.54) is 0 Å². The number of para-hydroxylation sites is 1. The average molecular weight is 315 g/mol. The van der Waals surface area contributed by atoms with Crippen LogP contribution in [-0.2, 0) is 0 Å². The standard InChI is InChI=1S/C15H11BrN2O/c1-18(19)14-4-2-3-12-13(9-17-15(12)14)10-5-7-11(16)8-6-10/h2-9,17H,1H2. The fraction of sp³-hybridized carbons (Fsp3) is 0. The van der Waals surface area contributed by atoms with Crippen LogP contribution in [-0.4, -0.2) is 16.4 Å². The van der Waals surface area contributed by atoms with E-state index >= 15 is 0 Å². The van der Waals surface area contributed by atoms with Gasteiger partial charge in [0.25, 0.3) is 0 Å². The zero-order valence-corrected chi connectivity index (χ0v) is 11.6. The summed E-state index contributed by atoms with van der Waals surface area (Å²) in [6, 6.07) is 13.7. The Morgan fingerprint density at radius 2 is 1.84 bits per heavy atom. The summed E-state index contributed by atoms with van der Waals surface area (Å²) in [4.78, 5) is 3.16. The van der Waals surface area contributed by atoms with Gasteiger partial charge in [0.2, 0.25) is 5.69 Å². The van der Waals surface area contributed by atoms with Crippen LogP contribution in [0.5, 0.6) is 0 Å². The molecule has 94 valence electrons. The number of nitrogens with one attached hydrogen (secondary N) is 1. The van der Waals surface area contributed by atoms with E-state index in [-0.39, 0.29) is 0 Å². The Labute approximate surface area is 118 Å². The minimum Gasteiger partial charge on any atom is -0.619 e. The molecule has 0 unspecified atom stereocenters. The Morgan fingerprint density at radius 1 is 1.11 bits per heavy atom. The number of halogens is 1. The predicted molar refractivity (Wildman–Crippen MR) is 81.8 cm³/mol. The van der Waals surface area contributed by atoms with Gasteiger partial charge >= 0.3 is 0 Å². The van der Waals surface area contributed by atoms with Gasteiger partial charge in [0, 0.05) is 27.7 Å². The van der Waals surface area contributed by atoms with Crippen LogP contribution >= 0.6 is 15.9 Å². The molecule has 19 heavy (non-hydrogen) atoms. The van der Waals surface area contributed by atoms with Crippen molar-refractivity contribution >= 4 is 39.2 Å². The third kappa shape index (κ3) is 2.04. The Morgan fingerprint density at radius 3 is 2.53 bits per heavy atom. The highest BCUT2D eigenvalue weighted by atomic mass is 79.9. The van der Waals surface area contributed by atoms with Gasteiger partial charge < -0.3 is 10.2 Å². The number of rotatable bonds is 2. The first-order chi connectivity index (χ1) is 9.16. The molecule has 0 fully saturated rings. The Kier molecular flexibility index (Phi) is 2.87. The van der Waals surface area contributed by atoms with Crippen molar-refractivity contribution in [3.05, 3.63) is 58.3 Å². The zero-order valence-electron chi connectivity index (χ0n) is 10.1. The van der Waals surface area contributed by atoms with Crippen molar-refractivity contribution in [2.75, 3.05) is 0 Å². The minimum absolute atomic E-state index is 0.542. The fourth-order valence-corrected chi connectivity index (χ4v) is 2.48. The van der Waals surface area contributed by atoms with E-state index in [1.807, 2.05) is 42.6 Å². The van der Waals surface area contributed by atoms with E-state index in [0.29, 0.717) is 10.4 Å². The van der Waals surface area contributed by atoms with Gasteiger partial charge in [0.05, 0.1) is 0 Å². The summed E-state index contributed by atoms with van der Waals surface area (Å²) in [6.45, 7) is 3.40. The predicted octanol–water partition coefficient (Wildman–Crippen LogP) is 4.44. The molecule has 0 aliphatic rings. The summed E-state index contributed by atoms with van der Waals surface area (Å²) >= 11 is 3.43. The highest BCUT2D eigenvalue weighted by molar-refractivity contribution is 9.10. The first-order valence-electron chi connectivity index (χ1n) is 5.80. The van der Waals surface area contributed by atoms with Crippen molar-refractivity contribution in [3.63, 3.8) is 0 Å². The molecule has 0 amide bonds. The van der Waals surface area contributed by atoms with Crippen LogP contribution in [0, 0.1) is 5.21 Å². The van der Waals surface area contributed by atoms with E-state index in [9.17, 15) is 5.21 Å². The fourth-order valence-electron chi connectivity index (χ4n) is 2.21. The number of hydrogen-bond donors (Lipinski definition) is 1. The van der Waals surface area contributed by atoms with E-state index < -0.39 is 0 Å². The van der Waals surface area contributed by atoms with Gasteiger partial charge in [-0.25, -0.2) is 0 Å². The second kappa shape index (κ2) is 4.55. The maximum Gasteiger partial charge on any atom is 0.240 e. The maximum atomic E-state index is 11.4. The minimum atomic E-state index is 0.542. The summed E-state index contributed by atoms with van der Waals surface area (Å²) in [5.41, 5.74) is 3.53. The Balaban J connectivity index is 2.24. The molecule has 0 saturated carbocycles. The number of hydrogen-bond acceptors (Lipinski definition) is 1. The molecule has 3 aromatic rings. The SMILES string of the molecule is C=[N+]([O-])c1cccc2c(-c3ccc(Br)cc3)c[nH]c12. The number of fused-ring (bicyclic) bond motifs is 1. The summed E-state index contributed by atoms with van der Waals surface area (Å²) in [5, 5.41) is 12.4. The average Bonchev–Trinajstić information content (AvgIpc) is 2.83. The Bertz CT molecular complexity index is 759. The van der Waals surface area contributed by atoms with Crippen molar-refractivity contribution in [2.24, 2.45) is 0 Å². The van der Waals surface area contributed by atoms with Crippen LogP contribution in [0.15, 0.2) is 53.1 Å². The van der Waals surface area contributed by atoms with Gasteiger partial charge in [0.1, 0.15) is 12.2 Å². The molecule has 3 rings (SSSR count). The molecule has 3 nitrogen and oxygen atoms in total. The van der Waals surface area contributed by atoms with Crippen LogP contribution in [0.1, 0.15) is 0 Å². The zero-order chi connectivity index (χ0) is 13.4. The van der Waals surface area contributed by atoms with Crippen molar-refractivity contribution in [1.29, 1.82) is 0 Å². The van der Waals surface area contributed by atoms with Crippen LogP contribution in [0.25, 0.3) is 22.0 Å². The van der Waals surface area contributed by atoms with Crippen LogP contribution < -0.4 is 0 Å². The van der Waals surface area contributed by atoms with Gasteiger partial charge in [0.15, 0.2) is 0 Å². The smallest absolute Gasteiger partial charge is 0.240 e. The quantitative estimate of drug-likeness (QED) is 0.323. The molecular weight excluding hydrogens is 304 g/mol. The topological polar surface area (TPSA) is 41.9 Å². The van der Waals surface area contributed by atoms with Gasteiger partial charge in [-0.15, -0.1) is 0 Å². The lowest BCUT2D eigenvalue weighted by atomic mass is 10.0. The first kappa shape index (κ1) is 12.0. The summed E-state index contributed by atoms with van der Waals surface area (Å²) in [6.07, 6.45) is 1.92. The highest BCUT2D eigenvalue weighted by Crippen LogP contribution is 2.33. The van der Waals surface area contributed by atoms with Crippen LogP contribution in [0.2, 0.25) is 0 Å². The molecule has 1 heterocycles. The van der Waals surface area contributed by atoms with Crippen molar-refractivity contribution in [2.45, 2.75) is 0 Å². The molecular formula is C15H11BrN2O. The third-order valence-electron chi connectivity index (χ3n) is 3.12. The lowest BCUT2D eigenvalue weighted by Crippen LogP contribution is -1.90. The molecule has 0 aliphatic carbocycles. The molecule has 0 bridgehead atoms. The van der Waals surface area contributed by atoms with E-state index in [4.69, 9.17) is 0 Å². The summed E-state index contributed by atoms with van der Waals surface area (Å²) in [7, 11) is 0. The van der Waals surface area contributed by atoms with Gasteiger partial charge in [-0.2, -0.15) is 4.74 Å². The molecule has 0 spiro atoms. The number of benzene rings is 2. The molecule has 1 N–H and O–H groups in total. The first-order valence-corrected chi connectivity index (χ1v) is 6.60. The van der Waals surface area contributed by atoms with Gasteiger partial charge in [-0.05, 0) is 17.7 Å². The molecule has 1 aromatic heterocycles. The number of aromatic amines is 1. The van der Waals surface area contributed by atoms with Gasteiger partial charge in [-0.3, -0.25) is 0 Å². The van der Waals surface area contributed by atoms with E-state index in [2.05, 4.69) is 27.6 Å². The van der Waals surface area contributed by atoms with Crippen molar-refractivity contribution < 1.29 is 4.74 Å². The normalized spacial score (nSPS) is 10.8. The Hall–Kier alpha value is -2.07. The monoisotopic (exact) mass is 314 g/mol. The lowest BCUT2D eigenvalue weighted by Gasteiger charge is -2.03. The van der Waals surface area contributed by atoms with Crippen LogP contribution in [0.3, 0.4) is 0 Å². The summed E-state index contributed by atoms with van der Waals surface area (Å²) in [5.74, 6) is 0. The lowest BCUT2D eigenvalue weighted by molar-refractivity contribution is -0.348. The van der Waals surface area contributed by atoms with Crippen LogP contribution in [0.4, 0.5) is 5.69 Å².